The van der Waals surface area contributed by atoms with Crippen LogP contribution in [0.2, 0.25) is 0 Å². The Hall–Kier alpha value is -3.09. The van der Waals surface area contributed by atoms with Crippen LogP contribution >= 0.6 is 9.24 Å². The van der Waals surface area contributed by atoms with E-state index in [2.05, 4.69) is 143 Å². The second-order valence-corrected chi connectivity index (χ2v) is 14.2. The molecule has 2 aromatic rings. The van der Waals surface area contributed by atoms with Crippen molar-refractivity contribution in [1.82, 2.24) is 0 Å². The Labute approximate surface area is 271 Å². The molecule has 1 N–H and O–H groups in total. The largest absolute Gasteiger partial charge is 0.374 e. The first-order chi connectivity index (χ1) is 20.9. The average molecular weight is 607 g/mol. The van der Waals surface area contributed by atoms with Crippen molar-refractivity contribution < 1.29 is 0 Å². The summed E-state index contributed by atoms with van der Waals surface area (Å²) in [6, 6.07) is 9.76. The van der Waals surface area contributed by atoms with E-state index in [9.17, 15) is 0 Å². The molecule has 2 aromatic carbocycles. The van der Waals surface area contributed by atoms with Crippen molar-refractivity contribution in [2.45, 2.75) is 97.4 Å². The van der Waals surface area contributed by atoms with E-state index < -0.39 is 0 Å². The number of allylic oxidation sites excluding steroid dienone is 6. The van der Waals surface area contributed by atoms with Gasteiger partial charge in [0, 0.05) is 35.8 Å². The minimum Gasteiger partial charge on any atom is -0.374 e. The summed E-state index contributed by atoms with van der Waals surface area (Å²) in [5, 5.41) is 5.15. The highest BCUT2D eigenvalue weighted by Gasteiger charge is 2.33. The number of nitrogens with zero attached hydrogens (tertiary/aromatic N) is 1. The van der Waals surface area contributed by atoms with E-state index >= 15 is 0 Å². The highest BCUT2D eigenvalue weighted by molar-refractivity contribution is 7.27. The van der Waals surface area contributed by atoms with Gasteiger partial charge in [-0.25, -0.2) is 0 Å². The third-order valence-electron chi connectivity index (χ3n) is 10.2. The third kappa shape index (κ3) is 6.77. The van der Waals surface area contributed by atoms with Crippen molar-refractivity contribution in [2.24, 2.45) is 0 Å². The molecule has 0 aliphatic heterocycles. The fraction of sp³-hybridized carbons (Fsp3) is 0.415. The van der Waals surface area contributed by atoms with E-state index in [-0.39, 0.29) is 16.9 Å². The molecule has 0 amide bonds. The summed E-state index contributed by atoms with van der Waals surface area (Å²) in [6.07, 6.45) is 20.4. The highest BCUT2D eigenvalue weighted by atomic mass is 31.0. The summed E-state index contributed by atoms with van der Waals surface area (Å²) in [6.45, 7) is 25.4. The zero-order valence-corrected chi connectivity index (χ0v) is 29.8. The van der Waals surface area contributed by atoms with Crippen LogP contribution < -0.4 is 15.5 Å². The second-order valence-electron chi connectivity index (χ2n) is 13.6. The van der Waals surface area contributed by atoms with E-state index in [1.54, 1.807) is 0 Å². The summed E-state index contributed by atoms with van der Waals surface area (Å²) < 4.78 is 0. The summed E-state index contributed by atoms with van der Waals surface area (Å²) in [7, 11) is 5.30. The first-order valence-electron chi connectivity index (χ1n) is 16.4. The van der Waals surface area contributed by atoms with Crippen LogP contribution in [-0.2, 0) is 23.7 Å². The maximum absolute atomic E-state index is 4.19. The molecule has 0 spiro atoms. The molecule has 4 rings (SSSR count). The standard InChI is InChI=1S/C41H55N2P/c1-11-14-15-16-25-43(10)37-24-22-33(26-29(37)5)40(6,7)31-18-20-32(21-19-31)41(8,9)35-27-30(12-2)38(34(13-3)39(35)44)42-36-23-17-28(36)4/h11,14-15,17-18,20,22-24,26-27,36,42H,1,4,12-13,16,19,21,25,44H2,2-3,5-10H3/b15-14-. The molecule has 0 heterocycles. The Morgan fingerprint density at radius 3 is 2.23 bits per heavy atom. The topological polar surface area (TPSA) is 15.3 Å². The van der Waals surface area contributed by atoms with Gasteiger partial charge in [-0.2, -0.15) is 0 Å². The monoisotopic (exact) mass is 606 g/mol. The molecule has 2 nitrogen and oxygen atoms in total. The fourth-order valence-corrected chi connectivity index (χ4v) is 7.67. The number of benzene rings is 2. The van der Waals surface area contributed by atoms with Gasteiger partial charge in [-0.15, -0.1) is 9.24 Å². The molecule has 2 atom stereocenters. The molecule has 0 fully saturated rings. The molecular formula is C41H55N2P. The van der Waals surface area contributed by atoms with Gasteiger partial charge in [0.1, 0.15) is 0 Å². The lowest BCUT2D eigenvalue weighted by Crippen LogP contribution is -2.31. The van der Waals surface area contributed by atoms with Crippen molar-refractivity contribution in [3.63, 3.8) is 0 Å². The van der Waals surface area contributed by atoms with Gasteiger partial charge in [0.05, 0.1) is 6.04 Å². The van der Waals surface area contributed by atoms with Crippen molar-refractivity contribution in [3.8, 4) is 0 Å². The predicted molar refractivity (Wildman–Crippen MR) is 200 cm³/mol. The van der Waals surface area contributed by atoms with Gasteiger partial charge in [0.2, 0.25) is 0 Å². The van der Waals surface area contributed by atoms with Gasteiger partial charge < -0.3 is 10.2 Å². The van der Waals surface area contributed by atoms with E-state index in [4.69, 9.17) is 0 Å². The molecule has 0 saturated heterocycles. The third-order valence-corrected chi connectivity index (χ3v) is 10.8. The molecule has 3 heteroatoms. The molecule has 0 saturated carbocycles. The highest BCUT2D eigenvalue weighted by Crippen LogP contribution is 2.44. The van der Waals surface area contributed by atoms with Crippen molar-refractivity contribution in [2.75, 3.05) is 23.8 Å². The molecule has 2 aliphatic carbocycles. The molecule has 234 valence electrons. The first-order valence-corrected chi connectivity index (χ1v) is 17.0. The maximum Gasteiger partial charge on any atom is 0.0695 e. The van der Waals surface area contributed by atoms with Gasteiger partial charge >= 0.3 is 0 Å². The van der Waals surface area contributed by atoms with Crippen LogP contribution in [0.4, 0.5) is 11.4 Å². The Morgan fingerprint density at radius 2 is 1.70 bits per heavy atom. The lowest BCUT2D eigenvalue weighted by Gasteiger charge is -2.37. The van der Waals surface area contributed by atoms with Crippen LogP contribution in [0.25, 0.3) is 0 Å². The van der Waals surface area contributed by atoms with Gasteiger partial charge in [-0.1, -0.05) is 127 Å². The SMILES string of the molecule is C=C/C=C\CCN(C)c1ccc(C(C)(C)C2=CC=C(C(C)(C)c3cc(CC)c(NC4C=CC4=C)c(CC)c3P)CC2)cc1C. The van der Waals surface area contributed by atoms with Crippen LogP contribution in [0.15, 0.2) is 96.7 Å². The van der Waals surface area contributed by atoms with E-state index in [1.165, 1.54) is 55.6 Å². The quantitative estimate of drug-likeness (QED) is 0.180. The lowest BCUT2D eigenvalue weighted by atomic mass is 9.69. The van der Waals surface area contributed by atoms with Gasteiger partial charge in [-0.3, -0.25) is 0 Å². The molecule has 0 radical (unpaired) electrons. The van der Waals surface area contributed by atoms with Crippen LogP contribution in [0.1, 0.15) is 88.6 Å². The first kappa shape index (κ1) is 33.8. The number of rotatable bonds is 13. The van der Waals surface area contributed by atoms with E-state index in [1.807, 2.05) is 12.2 Å². The zero-order chi connectivity index (χ0) is 32.2. The predicted octanol–water partition coefficient (Wildman–Crippen LogP) is 10.00. The number of aryl methyl sites for hydroxylation is 2. The van der Waals surface area contributed by atoms with Crippen LogP contribution in [-0.4, -0.2) is 19.6 Å². The molecule has 0 bridgehead atoms. The van der Waals surface area contributed by atoms with Gasteiger partial charge in [-0.05, 0) is 83.8 Å². The number of nitrogens with one attached hydrogen (secondary N) is 1. The fourth-order valence-electron chi connectivity index (χ4n) is 6.87. The Morgan fingerprint density at radius 1 is 1.02 bits per heavy atom. The second kappa shape index (κ2) is 13.9. The maximum atomic E-state index is 4.19. The number of hydrogen-bond acceptors (Lipinski definition) is 2. The summed E-state index contributed by atoms with van der Waals surface area (Å²) >= 11 is 0. The molecule has 44 heavy (non-hydrogen) atoms. The van der Waals surface area contributed by atoms with Crippen LogP contribution in [0, 0.1) is 6.92 Å². The normalized spacial score (nSPS) is 16.9. The molecular weight excluding hydrogens is 551 g/mol. The van der Waals surface area contributed by atoms with Crippen molar-refractivity contribution >= 4 is 25.9 Å². The van der Waals surface area contributed by atoms with Crippen LogP contribution in [0.3, 0.4) is 0 Å². The molecule has 2 aliphatic rings. The van der Waals surface area contributed by atoms with Gasteiger partial charge in [0.25, 0.3) is 0 Å². The Balaban J connectivity index is 1.60. The summed E-state index contributed by atoms with van der Waals surface area (Å²) in [5.41, 5.74) is 13.7. The molecule has 0 aromatic heterocycles. The summed E-state index contributed by atoms with van der Waals surface area (Å²) in [5.74, 6) is 0. The lowest BCUT2D eigenvalue weighted by molar-refractivity contribution is 0.547. The minimum atomic E-state index is -0.0563. The van der Waals surface area contributed by atoms with Crippen molar-refractivity contribution in [1.29, 1.82) is 0 Å². The summed E-state index contributed by atoms with van der Waals surface area (Å²) in [4.78, 5) is 2.36. The van der Waals surface area contributed by atoms with E-state index in [0.29, 0.717) is 0 Å². The Bertz CT molecular complexity index is 1530. The number of anilines is 2. The smallest absolute Gasteiger partial charge is 0.0695 e. The van der Waals surface area contributed by atoms with Gasteiger partial charge in [0.15, 0.2) is 0 Å². The van der Waals surface area contributed by atoms with Crippen LogP contribution in [0.5, 0.6) is 0 Å². The van der Waals surface area contributed by atoms with E-state index in [0.717, 1.165) is 44.2 Å². The number of hydrogen-bond donors (Lipinski definition) is 1. The average Bonchev–Trinajstić information content (AvgIpc) is 3.00. The molecule has 2 unspecified atom stereocenters. The minimum absolute atomic E-state index is 0.0233. The zero-order valence-electron chi connectivity index (χ0n) is 28.6. The Kier molecular flexibility index (Phi) is 10.7. The van der Waals surface area contributed by atoms with Crippen molar-refractivity contribution in [3.05, 3.63) is 124 Å².